The number of carbonyl (C=O) groups excluding carboxylic acids is 1. The lowest BCUT2D eigenvalue weighted by atomic mass is 10.2. The van der Waals surface area contributed by atoms with Crippen LogP contribution in [-0.4, -0.2) is 27.2 Å². The van der Waals surface area contributed by atoms with Crippen LogP contribution in [0.2, 0.25) is 0 Å². The predicted molar refractivity (Wildman–Crippen MR) is 70.7 cm³/mol. The number of carboxylic acid groups (broad SMARTS) is 1. The molecule has 0 aliphatic rings. The molecule has 0 fully saturated rings. The second-order valence-electron chi connectivity index (χ2n) is 3.91. The largest absolute Gasteiger partial charge is 0.477 e. The third-order valence-corrected chi connectivity index (χ3v) is 3.39. The summed E-state index contributed by atoms with van der Waals surface area (Å²) in [4.78, 5) is 23.0. The number of rotatable bonds is 3. The van der Waals surface area contributed by atoms with E-state index < -0.39 is 5.97 Å². The van der Waals surface area contributed by atoms with Gasteiger partial charge in [-0.3, -0.25) is 4.79 Å². The van der Waals surface area contributed by atoms with Crippen molar-refractivity contribution in [2.24, 2.45) is 0 Å². The van der Waals surface area contributed by atoms with Gasteiger partial charge in [-0.2, -0.15) is 10.2 Å². The molecular weight excluding hydrogens is 266 g/mol. The summed E-state index contributed by atoms with van der Waals surface area (Å²) in [5, 5.41) is 19.7. The molecule has 19 heavy (non-hydrogen) atoms. The van der Waals surface area contributed by atoms with Gasteiger partial charge in [0, 0.05) is 0 Å². The number of nitrogens with zero attached hydrogens (tertiary/aromatic N) is 2. The van der Waals surface area contributed by atoms with E-state index >= 15 is 0 Å². The van der Waals surface area contributed by atoms with Gasteiger partial charge in [0.15, 0.2) is 0 Å². The van der Waals surface area contributed by atoms with E-state index in [1.807, 2.05) is 0 Å². The third-order valence-electron chi connectivity index (χ3n) is 2.40. The first-order chi connectivity index (χ1) is 8.97. The summed E-state index contributed by atoms with van der Waals surface area (Å²) in [5.74, 6) is -1.34. The van der Waals surface area contributed by atoms with Crippen LogP contribution in [0.3, 0.4) is 0 Å². The fourth-order valence-corrected chi connectivity index (χ4v) is 2.22. The minimum Gasteiger partial charge on any atom is -0.477 e. The van der Waals surface area contributed by atoms with Crippen molar-refractivity contribution in [1.29, 1.82) is 0 Å². The number of carbonyl (C=O) groups is 2. The van der Waals surface area contributed by atoms with Gasteiger partial charge in [0.25, 0.3) is 5.91 Å². The average Bonchev–Trinajstić information content (AvgIpc) is 2.80. The van der Waals surface area contributed by atoms with Crippen molar-refractivity contribution in [3.8, 4) is 0 Å². The monoisotopic (exact) mass is 277 g/mol. The quantitative estimate of drug-likeness (QED) is 0.896. The third kappa shape index (κ3) is 2.94. The van der Waals surface area contributed by atoms with Gasteiger partial charge < -0.3 is 10.4 Å². The molecule has 98 valence electrons. The van der Waals surface area contributed by atoms with E-state index in [0.29, 0.717) is 22.0 Å². The molecule has 0 spiro atoms. The minimum atomic E-state index is -1.01. The summed E-state index contributed by atoms with van der Waals surface area (Å²) < 4.78 is 0. The van der Waals surface area contributed by atoms with Crippen molar-refractivity contribution in [2.75, 3.05) is 5.32 Å². The summed E-state index contributed by atoms with van der Waals surface area (Å²) in [6, 6.07) is 4.65. The van der Waals surface area contributed by atoms with E-state index in [0.717, 1.165) is 11.3 Å². The Morgan fingerprint density at radius 1 is 1.26 bits per heavy atom. The van der Waals surface area contributed by atoms with Crippen LogP contribution in [0.4, 0.5) is 5.00 Å². The molecule has 6 nitrogen and oxygen atoms in total. The Balaban J connectivity index is 2.20. The number of amides is 1. The summed E-state index contributed by atoms with van der Waals surface area (Å²) >= 11 is 1.01. The Labute approximate surface area is 113 Å². The Kier molecular flexibility index (Phi) is 3.57. The molecule has 0 radical (unpaired) electrons. The molecule has 0 bridgehead atoms. The molecule has 2 heterocycles. The van der Waals surface area contributed by atoms with Gasteiger partial charge in [0.2, 0.25) is 0 Å². The number of aryl methyl sites for hydroxylation is 2. The van der Waals surface area contributed by atoms with Crippen LogP contribution in [0.25, 0.3) is 0 Å². The maximum Gasteiger partial charge on any atom is 0.345 e. The standard InChI is InChI=1S/C12H11N3O3S/c1-6-5-8(7(2)15-14-6)11(16)13-10-4-3-9(19-10)12(17)18/h3-5H,1-2H3,(H,13,16)(H,17,18). The van der Waals surface area contributed by atoms with Crippen molar-refractivity contribution < 1.29 is 14.7 Å². The second kappa shape index (κ2) is 5.15. The first kappa shape index (κ1) is 13.2. The first-order valence-electron chi connectivity index (χ1n) is 5.43. The van der Waals surface area contributed by atoms with Gasteiger partial charge in [-0.1, -0.05) is 0 Å². The molecule has 0 aliphatic heterocycles. The molecule has 2 aromatic heterocycles. The van der Waals surface area contributed by atoms with Gasteiger partial charge >= 0.3 is 5.97 Å². The van der Waals surface area contributed by atoms with E-state index in [1.54, 1.807) is 26.0 Å². The normalized spacial score (nSPS) is 10.2. The molecule has 0 saturated carbocycles. The average molecular weight is 277 g/mol. The van der Waals surface area contributed by atoms with Gasteiger partial charge in [-0.25, -0.2) is 4.79 Å². The van der Waals surface area contributed by atoms with Crippen molar-refractivity contribution in [3.63, 3.8) is 0 Å². The lowest BCUT2D eigenvalue weighted by Crippen LogP contribution is -2.14. The maximum absolute atomic E-state index is 12.0. The fourth-order valence-electron chi connectivity index (χ4n) is 1.48. The highest BCUT2D eigenvalue weighted by atomic mass is 32.1. The molecular formula is C12H11N3O3S. The highest BCUT2D eigenvalue weighted by Crippen LogP contribution is 2.22. The van der Waals surface area contributed by atoms with Gasteiger partial charge in [-0.05, 0) is 32.0 Å². The Hall–Kier alpha value is -2.28. The van der Waals surface area contributed by atoms with E-state index in [-0.39, 0.29) is 10.8 Å². The summed E-state index contributed by atoms with van der Waals surface area (Å²) in [5.41, 5.74) is 1.60. The molecule has 2 N–H and O–H groups in total. The van der Waals surface area contributed by atoms with Crippen LogP contribution in [-0.2, 0) is 0 Å². The van der Waals surface area contributed by atoms with Crippen molar-refractivity contribution in [2.45, 2.75) is 13.8 Å². The molecule has 0 aliphatic carbocycles. The van der Waals surface area contributed by atoms with Crippen molar-refractivity contribution in [3.05, 3.63) is 40.0 Å². The van der Waals surface area contributed by atoms with Gasteiger partial charge in [-0.15, -0.1) is 11.3 Å². The number of aromatic carboxylic acids is 1. The lowest BCUT2D eigenvalue weighted by Gasteiger charge is -2.05. The number of nitrogens with one attached hydrogen (secondary N) is 1. The highest BCUT2D eigenvalue weighted by molar-refractivity contribution is 7.18. The smallest absolute Gasteiger partial charge is 0.345 e. The second-order valence-corrected chi connectivity index (χ2v) is 4.99. The SMILES string of the molecule is Cc1cc(C(=O)Nc2ccc(C(=O)O)s2)c(C)nn1. The summed E-state index contributed by atoms with van der Waals surface area (Å²) in [6.07, 6.45) is 0. The lowest BCUT2D eigenvalue weighted by molar-refractivity contribution is 0.0702. The molecule has 0 unspecified atom stereocenters. The first-order valence-corrected chi connectivity index (χ1v) is 6.24. The molecule has 0 atom stereocenters. The predicted octanol–water partition coefficient (Wildman–Crippen LogP) is 2.11. The number of carboxylic acids is 1. The molecule has 2 aromatic rings. The van der Waals surface area contributed by atoms with E-state index in [2.05, 4.69) is 15.5 Å². The molecule has 0 saturated heterocycles. The topological polar surface area (TPSA) is 92.2 Å². The fraction of sp³-hybridized carbons (Fsp3) is 0.167. The molecule has 1 amide bonds. The van der Waals surface area contributed by atoms with Crippen molar-refractivity contribution >= 4 is 28.2 Å². The number of anilines is 1. The highest BCUT2D eigenvalue weighted by Gasteiger charge is 2.13. The summed E-state index contributed by atoms with van der Waals surface area (Å²) in [6.45, 7) is 3.44. The zero-order valence-electron chi connectivity index (χ0n) is 10.3. The van der Waals surface area contributed by atoms with Crippen LogP contribution in [0.5, 0.6) is 0 Å². The van der Waals surface area contributed by atoms with Crippen LogP contribution >= 0.6 is 11.3 Å². The summed E-state index contributed by atoms with van der Waals surface area (Å²) in [7, 11) is 0. The Bertz CT molecular complexity index is 651. The number of thiophene rings is 1. The molecule has 0 aromatic carbocycles. The number of hydrogen-bond acceptors (Lipinski definition) is 5. The maximum atomic E-state index is 12.0. The van der Waals surface area contributed by atoms with E-state index in [9.17, 15) is 9.59 Å². The van der Waals surface area contributed by atoms with Crippen LogP contribution in [0.1, 0.15) is 31.4 Å². The number of aromatic nitrogens is 2. The number of hydrogen-bond donors (Lipinski definition) is 2. The van der Waals surface area contributed by atoms with E-state index in [1.165, 1.54) is 6.07 Å². The molecule has 7 heteroatoms. The Morgan fingerprint density at radius 2 is 2.00 bits per heavy atom. The minimum absolute atomic E-state index is 0.177. The zero-order valence-corrected chi connectivity index (χ0v) is 11.1. The molecule has 2 rings (SSSR count). The van der Waals surface area contributed by atoms with E-state index in [4.69, 9.17) is 5.11 Å². The Morgan fingerprint density at radius 3 is 2.63 bits per heavy atom. The van der Waals surface area contributed by atoms with Crippen LogP contribution in [0, 0.1) is 13.8 Å². The zero-order chi connectivity index (χ0) is 14.0. The van der Waals surface area contributed by atoms with Gasteiger partial charge in [0.05, 0.1) is 22.0 Å². The van der Waals surface area contributed by atoms with Gasteiger partial charge in [0.1, 0.15) is 4.88 Å². The van der Waals surface area contributed by atoms with Crippen LogP contribution < -0.4 is 5.32 Å². The van der Waals surface area contributed by atoms with Crippen LogP contribution in [0.15, 0.2) is 18.2 Å². The van der Waals surface area contributed by atoms with Crippen molar-refractivity contribution in [1.82, 2.24) is 10.2 Å².